The molecule has 4 heteroatoms. The number of halogens is 1. The van der Waals surface area contributed by atoms with Gasteiger partial charge in [0.15, 0.2) is 0 Å². The smallest absolute Gasteiger partial charge is 0.108 e. The summed E-state index contributed by atoms with van der Waals surface area (Å²) >= 11 is 3.51. The lowest BCUT2D eigenvalue weighted by Crippen LogP contribution is -2.34. The van der Waals surface area contributed by atoms with Crippen molar-refractivity contribution in [3.05, 3.63) is 16.4 Å². The molecule has 0 spiro atoms. The van der Waals surface area contributed by atoms with Crippen molar-refractivity contribution in [2.75, 3.05) is 0 Å². The largest absolute Gasteiger partial charge is 0.384 e. The summed E-state index contributed by atoms with van der Waals surface area (Å²) in [6, 6.07) is 0. The monoisotopic (exact) mass is 286 g/mol. The second-order valence-electron chi connectivity index (χ2n) is 4.89. The number of hydrogen-bond donors (Lipinski definition) is 1. The molecule has 2 atom stereocenters. The summed E-state index contributed by atoms with van der Waals surface area (Å²) in [6.45, 7) is 5.07. The Hall–Kier alpha value is -0.350. The molecule has 0 bridgehead atoms. The van der Waals surface area contributed by atoms with E-state index in [1.807, 2.05) is 4.68 Å². The fraction of sp³-hybridized carbons (Fsp3) is 0.750. The van der Waals surface area contributed by atoms with Crippen molar-refractivity contribution in [2.45, 2.75) is 51.7 Å². The standard InChI is InChI=1S/C12H19BrN2O/c1-3-15-11(10(13)8-14-15)12(16)6-4-5-9(2)7-12/h8-9,16H,3-7H2,1-2H3. The molecule has 1 fully saturated rings. The second kappa shape index (κ2) is 4.49. The molecule has 0 amide bonds. The highest BCUT2D eigenvalue weighted by Gasteiger charge is 2.38. The maximum atomic E-state index is 10.8. The van der Waals surface area contributed by atoms with Crippen molar-refractivity contribution < 1.29 is 5.11 Å². The van der Waals surface area contributed by atoms with Crippen LogP contribution in [0, 0.1) is 5.92 Å². The van der Waals surface area contributed by atoms with Crippen LogP contribution in [0.1, 0.15) is 45.2 Å². The van der Waals surface area contributed by atoms with Gasteiger partial charge in [-0.15, -0.1) is 0 Å². The van der Waals surface area contributed by atoms with E-state index in [0.29, 0.717) is 5.92 Å². The van der Waals surface area contributed by atoms with E-state index in [2.05, 4.69) is 34.9 Å². The first-order chi connectivity index (χ1) is 7.57. The van der Waals surface area contributed by atoms with Gasteiger partial charge >= 0.3 is 0 Å². The second-order valence-corrected chi connectivity index (χ2v) is 5.74. The number of hydrogen-bond acceptors (Lipinski definition) is 2. The Labute approximate surface area is 105 Å². The number of nitrogens with zero attached hydrogens (tertiary/aromatic N) is 2. The van der Waals surface area contributed by atoms with Gasteiger partial charge in [-0.2, -0.15) is 5.10 Å². The van der Waals surface area contributed by atoms with Gasteiger partial charge in [0.2, 0.25) is 0 Å². The van der Waals surface area contributed by atoms with E-state index in [0.717, 1.165) is 36.0 Å². The van der Waals surface area contributed by atoms with Gasteiger partial charge in [-0.05, 0) is 48.0 Å². The summed E-state index contributed by atoms with van der Waals surface area (Å²) in [4.78, 5) is 0. The molecule has 1 aliphatic carbocycles. The Morgan fingerprint density at radius 1 is 1.69 bits per heavy atom. The molecule has 3 nitrogen and oxygen atoms in total. The average Bonchev–Trinajstić information content (AvgIpc) is 2.59. The molecule has 0 aromatic carbocycles. The third-order valence-electron chi connectivity index (χ3n) is 3.51. The maximum absolute atomic E-state index is 10.8. The highest BCUT2D eigenvalue weighted by molar-refractivity contribution is 9.10. The van der Waals surface area contributed by atoms with Crippen LogP contribution >= 0.6 is 15.9 Å². The molecule has 1 N–H and O–H groups in total. The minimum Gasteiger partial charge on any atom is -0.384 e. The lowest BCUT2D eigenvalue weighted by Gasteiger charge is -2.36. The van der Waals surface area contributed by atoms with Crippen LogP contribution < -0.4 is 0 Å². The Balaban J connectivity index is 2.37. The van der Waals surface area contributed by atoms with Gasteiger partial charge < -0.3 is 5.11 Å². The fourth-order valence-electron chi connectivity index (χ4n) is 2.80. The van der Waals surface area contributed by atoms with Crippen LogP contribution in [0.15, 0.2) is 10.7 Å². The zero-order valence-electron chi connectivity index (χ0n) is 9.91. The van der Waals surface area contributed by atoms with Crippen molar-refractivity contribution >= 4 is 15.9 Å². The molecular formula is C12H19BrN2O. The van der Waals surface area contributed by atoms with Crippen LogP contribution in [0.3, 0.4) is 0 Å². The van der Waals surface area contributed by atoms with Gasteiger partial charge in [0.05, 0.1) is 16.4 Å². The Bertz CT molecular complexity index is 377. The first-order valence-corrected chi connectivity index (χ1v) is 6.80. The highest BCUT2D eigenvalue weighted by atomic mass is 79.9. The van der Waals surface area contributed by atoms with Crippen molar-refractivity contribution in [1.82, 2.24) is 9.78 Å². The van der Waals surface area contributed by atoms with Crippen LogP contribution in [-0.4, -0.2) is 14.9 Å². The fourth-order valence-corrected chi connectivity index (χ4v) is 3.47. The van der Waals surface area contributed by atoms with E-state index in [1.165, 1.54) is 6.42 Å². The van der Waals surface area contributed by atoms with Crippen LogP contribution in [-0.2, 0) is 12.1 Å². The molecule has 1 aliphatic rings. The van der Waals surface area contributed by atoms with Crippen molar-refractivity contribution in [2.24, 2.45) is 5.92 Å². The lowest BCUT2D eigenvalue weighted by molar-refractivity contribution is -0.0259. The van der Waals surface area contributed by atoms with Crippen LogP contribution in [0.5, 0.6) is 0 Å². The summed E-state index contributed by atoms with van der Waals surface area (Å²) in [5, 5.41) is 15.1. The number of rotatable bonds is 2. The van der Waals surface area contributed by atoms with Gasteiger partial charge in [0, 0.05) is 6.54 Å². The van der Waals surface area contributed by atoms with Gasteiger partial charge in [0.25, 0.3) is 0 Å². The molecule has 1 saturated carbocycles. The predicted octanol–water partition coefficient (Wildman–Crippen LogP) is 3.06. The Morgan fingerprint density at radius 3 is 3.06 bits per heavy atom. The number of aromatic nitrogens is 2. The minimum atomic E-state index is -0.691. The molecule has 0 aliphatic heterocycles. The molecule has 1 aromatic heterocycles. The maximum Gasteiger partial charge on any atom is 0.108 e. The van der Waals surface area contributed by atoms with E-state index < -0.39 is 5.60 Å². The first kappa shape index (κ1) is 12.1. The summed E-state index contributed by atoms with van der Waals surface area (Å²) in [7, 11) is 0. The third kappa shape index (κ3) is 2.05. The van der Waals surface area contributed by atoms with Crippen LogP contribution in [0.4, 0.5) is 0 Å². The third-order valence-corrected chi connectivity index (χ3v) is 4.09. The highest BCUT2D eigenvalue weighted by Crippen LogP contribution is 2.42. The van der Waals surface area contributed by atoms with Gasteiger partial charge in [-0.1, -0.05) is 13.3 Å². The predicted molar refractivity (Wildman–Crippen MR) is 67.1 cm³/mol. The van der Waals surface area contributed by atoms with E-state index in [1.54, 1.807) is 6.20 Å². The normalized spacial score (nSPS) is 30.6. The lowest BCUT2D eigenvalue weighted by atomic mass is 9.77. The topological polar surface area (TPSA) is 38.0 Å². The van der Waals surface area contributed by atoms with Crippen LogP contribution in [0.25, 0.3) is 0 Å². The van der Waals surface area contributed by atoms with Gasteiger partial charge in [0.1, 0.15) is 5.60 Å². The summed E-state index contributed by atoms with van der Waals surface area (Å²) in [5.74, 6) is 0.589. The quantitative estimate of drug-likeness (QED) is 0.907. The van der Waals surface area contributed by atoms with E-state index in [9.17, 15) is 5.11 Å². The molecule has 1 aromatic rings. The van der Waals surface area contributed by atoms with Gasteiger partial charge in [-0.3, -0.25) is 4.68 Å². The number of aliphatic hydroxyl groups is 1. The van der Waals surface area contributed by atoms with Crippen molar-refractivity contribution in [3.8, 4) is 0 Å². The van der Waals surface area contributed by atoms with Crippen LogP contribution in [0.2, 0.25) is 0 Å². The Kier molecular flexibility index (Phi) is 3.40. The molecule has 2 unspecified atom stereocenters. The van der Waals surface area contributed by atoms with E-state index in [-0.39, 0.29) is 0 Å². The van der Waals surface area contributed by atoms with Crippen molar-refractivity contribution in [1.29, 1.82) is 0 Å². The first-order valence-electron chi connectivity index (χ1n) is 6.01. The zero-order valence-corrected chi connectivity index (χ0v) is 11.5. The molecule has 90 valence electrons. The average molecular weight is 287 g/mol. The molecule has 16 heavy (non-hydrogen) atoms. The Morgan fingerprint density at radius 2 is 2.44 bits per heavy atom. The zero-order chi connectivity index (χ0) is 11.8. The molecule has 0 saturated heterocycles. The minimum absolute atomic E-state index is 0.589. The molecule has 0 radical (unpaired) electrons. The number of aryl methyl sites for hydroxylation is 1. The summed E-state index contributed by atoms with van der Waals surface area (Å²) in [6.07, 6.45) is 5.80. The van der Waals surface area contributed by atoms with Crippen molar-refractivity contribution in [3.63, 3.8) is 0 Å². The molecule has 1 heterocycles. The van der Waals surface area contributed by atoms with E-state index in [4.69, 9.17) is 0 Å². The van der Waals surface area contributed by atoms with Gasteiger partial charge in [-0.25, -0.2) is 0 Å². The summed E-state index contributed by atoms with van der Waals surface area (Å²) in [5.41, 5.74) is 0.268. The van der Waals surface area contributed by atoms with E-state index >= 15 is 0 Å². The molecule has 2 rings (SSSR count). The molecular weight excluding hydrogens is 268 g/mol. The SMILES string of the molecule is CCn1ncc(Br)c1C1(O)CCCC(C)C1. The summed E-state index contributed by atoms with van der Waals surface area (Å²) < 4.78 is 2.84.